The van der Waals surface area contributed by atoms with Gasteiger partial charge in [-0.05, 0) is 61.2 Å². The first kappa shape index (κ1) is 25.9. The minimum Gasteiger partial charge on any atom is -0.497 e. The normalized spacial score (nSPS) is 11.8. The van der Waals surface area contributed by atoms with Crippen molar-refractivity contribution in [1.82, 2.24) is 14.7 Å². The number of fused-ring (bicyclic) bond motifs is 1. The van der Waals surface area contributed by atoms with Gasteiger partial charge in [0.2, 0.25) is 5.91 Å². The zero-order valence-electron chi connectivity index (χ0n) is 22.3. The Bertz CT molecular complexity index is 1620. The predicted molar refractivity (Wildman–Crippen MR) is 154 cm³/mol. The summed E-state index contributed by atoms with van der Waals surface area (Å²) in [6.45, 7) is 3.56. The van der Waals surface area contributed by atoms with Crippen molar-refractivity contribution in [2.75, 3.05) is 7.11 Å². The maximum atomic E-state index is 13.0. The van der Waals surface area contributed by atoms with Crippen molar-refractivity contribution in [2.24, 2.45) is 0 Å². The van der Waals surface area contributed by atoms with E-state index < -0.39 is 0 Å². The van der Waals surface area contributed by atoms with Crippen LogP contribution in [0.4, 0.5) is 0 Å². The molecular weight excluding hydrogens is 486 g/mol. The third kappa shape index (κ3) is 5.75. The molecule has 1 N–H and O–H groups in total. The minimum absolute atomic E-state index is 0.0196. The topological polar surface area (TPSA) is 72.7 Å². The van der Waals surface area contributed by atoms with E-state index in [9.17, 15) is 9.59 Å². The monoisotopic (exact) mass is 517 g/mol. The van der Waals surface area contributed by atoms with Gasteiger partial charge in [0, 0.05) is 23.7 Å². The second-order valence-corrected chi connectivity index (χ2v) is 9.62. The number of ether oxygens (including phenoxy) is 1. The molecule has 6 heteroatoms. The van der Waals surface area contributed by atoms with Crippen molar-refractivity contribution in [3.05, 3.63) is 114 Å². The first-order valence-electron chi connectivity index (χ1n) is 13.0. The molecule has 196 valence electrons. The highest BCUT2D eigenvalue weighted by Gasteiger charge is 2.18. The molecule has 1 amide bonds. The van der Waals surface area contributed by atoms with Gasteiger partial charge in [0.05, 0.1) is 24.5 Å². The highest BCUT2D eigenvalue weighted by Crippen LogP contribution is 2.30. The lowest BCUT2D eigenvalue weighted by molar-refractivity contribution is -0.121. The summed E-state index contributed by atoms with van der Waals surface area (Å²) in [7, 11) is 1.64. The van der Waals surface area contributed by atoms with Crippen LogP contribution in [-0.4, -0.2) is 28.2 Å². The van der Waals surface area contributed by atoms with Crippen LogP contribution in [0.15, 0.2) is 97.2 Å². The van der Waals surface area contributed by atoms with Crippen molar-refractivity contribution in [3.63, 3.8) is 0 Å². The molecule has 0 aliphatic rings. The number of rotatable bonds is 9. The first-order valence-corrected chi connectivity index (χ1v) is 13.0. The molecule has 5 rings (SSSR count). The third-order valence-electron chi connectivity index (χ3n) is 6.95. The van der Waals surface area contributed by atoms with Gasteiger partial charge in [0.1, 0.15) is 11.4 Å². The van der Waals surface area contributed by atoms with Gasteiger partial charge in [-0.15, -0.1) is 0 Å². The van der Waals surface area contributed by atoms with E-state index in [2.05, 4.69) is 15.9 Å². The maximum Gasteiger partial charge on any atom is 0.220 e. The van der Waals surface area contributed by atoms with Crippen molar-refractivity contribution < 1.29 is 14.3 Å². The Morgan fingerprint density at radius 3 is 2.36 bits per heavy atom. The molecule has 2 aromatic heterocycles. The van der Waals surface area contributed by atoms with Crippen LogP contribution in [0.1, 0.15) is 47.9 Å². The number of imidazole rings is 1. The minimum atomic E-state index is -0.0803. The molecular formula is C33H31N3O3. The van der Waals surface area contributed by atoms with E-state index in [1.807, 2.05) is 97.9 Å². The fourth-order valence-corrected chi connectivity index (χ4v) is 4.77. The average Bonchev–Trinajstić information content (AvgIpc) is 3.34. The van der Waals surface area contributed by atoms with E-state index >= 15 is 0 Å². The summed E-state index contributed by atoms with van der Waals surface area (Å²) in [4.78, 5) is 29.7. The number of nitrogens with zero attached hydrogens (tertiary/aromatic N) is 2. The number of ketones is 1. The number of carbonyl (C=O) groups excluding carboxylic acids is 2. The number of hydrogen-bond donors (Lipinski definition) is 1. The second kappa shape index (κ2) is 11.4. The van der Waals surface area contributed by atoms with Crippen LogP contribution >= 0.6 is 0 Å². The summed E-state index contributed by atoms with van der Waals surface area (Å²) in [5, 5.41) is 3.12. The van der Waals surface area contributed by atoms with Crippen LogP contribution in [0.3, 0.4) is 0 Å². The lowest BCUT2D eigenvalue weighted by Gasteiger charge is -2.14. The molecule has 0 spiro atoms. The molecule has 0 saturated carbocycles. The van der Waals surface area contributed by atoms with Gasteiger partial charge >= 0.3 is 0 Å². The quantitative estimate of drug-likeness (QED) is 0.221. The fourth-order valence-electron chi connectivity index (χ4n) is 4.77. The number of amides is 1. The molecule has 0 radical (unpaired) electrons. The Balaban J connectivity index is 1.49. The fraction of sp³-hybridized carbons (Fsp3) is 0.182. The van der Waals surface area contributed by atoms with Crippen LogP contribution in [0, 0.1) is 0 Å². The molecule has 39 heavy (non-hydrogen) atoms. The van der Waals surface area contributed by atoms with Crippen molar-refractivity contribution in [1.29, 1.82) is 0 Å². The molecule has 0 bridgehead atoms. The number of pyridine rings is 1. The number of aryl methyl sites for hydroxylation is 1. The summed E-state index contributed by atoms with van der Waals surface area (Å²) in [6.07, 6.45) is 2.88. The standard InChI is InChI=1S/C33H31N3O3/c1-22(24-8-5-4-6-9-24)34-32(38)19-17-30-33(27-10-7-11-29(20-27)39-3)35-31-18-16-28(21-36(30)31)26-14-12-25(13-15-26)23(2)37/h4-16,18,20-22H,17,19H2,1-3H3,(H,34,38)/t22-/m1/s1. The number of hydrogen-bond acceptors (Lipinski definition) is 4. The Morgan fingerprint density at radius 2 is 1.64 bits per heavy atom. The van der Waals surface area contributed by atoms with Crippen LogP contribution in [0.5, 0.6) is 5.75 Å². The van der Waals surface area contributed by atoms with Crippen molar-refractivity contribution in [2.45, 2.75) is 32.7 Å². The van der Waals surface area contributed by atoms with E-state index in [4.69, 9.17) is 9.72 Å². The van der Waals surface area contributed by atoms with E-state index in [0.29, 0.717) is 18.4 Å². The number of Topliss-reactive ketones (excluding diaryl/α,β-unsaturated/α-hetero) is 1. The number of nitrogens with one attached hydrogen (secondary N) is 1. The van der Waals surface area contributed by atoms with Gasteiger partial charge in [-0.3, -0.25) is 9.59 Å². The Morgan fingerprint density at radius 1 is 0.897 bits per heavy atom. The van der Waals surface area contributed by atoms with Gasteiger partial charge in [-0.1, -0.05) is 66.7 Å². The van der Waals surface area contributed by atoms with Gasteiger partial charge in [-0.2, -0.15) is 0 Å². The second-order valence-electron chi connectivity index (χ2n) is 9.62. The van der Waals surface area contributed by atoms with Gasteiger partial charge < -0.3 is 14.5 Å². The van der Waals surface area contributed by atoms with Crippen molar-refractivity contribution in [3.8, 4) is 28.1 Å². The summed E-state index contributed by atoms with van der Waals surface area (Å²) in [6, 6.07) is 29.3. The van der Waals surface area contributed by atoms with Gasteiger partial charge in [0.15, 0.2) is 5.78 Å². The van der Waals surface area contributed by atoms with Crippen LogP contribution in [0.25, 0.3) is 28.0 Å². The Labute approximate surface area is 228 Å². The molecule has 0 fully saturated rings. The smallest absolute Gasteiger partial charge is 0.220 e. The Kier molecular flexibility index (Phi) is 7.55. The molecule has 0 saturated heterocycles. The molecule has 1 atom stereocenters. The van der Waals surface area contributed by atoms with Crippen molar-refractivity contribution >= 4 is 17.3 Å². The number of carbonyl (C=O) groups is 2. The van der Waals surface area contributed by atoms with E-state index in [1.54, 1.807) is 14.0 Å². The highest BCUT2D eigenvalue weighted by molar-refractivity contribution is 5.94. The lowest BCUT2D eigenvalue weighted by Crippen LogP contribution is -2.26. The third-order valence-corrected chi connectivity index (χ3v) is 6.95. The number of aromatic nitrogens is 2. The lowest BCUT2D eigenvalue weighted by atomic mass is 10.0. The Hall–Kier alpha value is -4.71. The summed E-state index contributed by atoms with van der Waals surface area (Å²) in [5.41, 5.74) is 7.24. The largest absolute Gasteiger partial charge is 0.497 e. The average molecular weight is 518 g/mol. The van der Waals surface area contributed by atoms with E-state index in [0.717, 1.165) is 45.0 Å². The van der Waals surface area contributed by atoms with E-state index in [1.165, 1.54) is 0 Å². The summed E-state index contributed by atoms with van der Waals surface area (Å²) >= 11 is 0. The molecule has 0 aliphatic heterocycles. The zero-order valence-corrected chi connectivity index (χ0v) is 22.3. The first-order chi connectivity index (χ1) is 18.9. The highest BCUT2D eigenvalue weighted by atomic mass is 16.5. The summed E-state index contributed by atoms with van der Waals surface area (Å²) < 4.78 is 7.52. The van der Waals surface area contributed by atoms with Gasteiger partial charge in [0.25, 0.3) is 0 Å². The van der Waals surface area contributed by atoms with Gasteiger partial charge in [-0.25, -0.2) is 4.98 Å². The maximum absolute atomic E-state index is 13.0. The SMILES string of the molecule is COc1cccc(-c2nc3ccc(-c4ccc(C(C)=O)cc4)cn3c2CCC(=O)N[C@H](C)c2ccccc2)c1. The molecule has 2 heterocycles. The zero-order chi connectivity index (χ0) is 27.4. The van der Waals surface area contributed by atoms with Crippen LogP contribution in [0.2, 0.25) is 0 Å². The number of methoxy groups -OCH3 is 1. The predicted octanol–water partition coefficient (Wildman–Crippen LogP) is 6.69. The van der Waals surface area contributed by atoms with E-state index in [-0.39, 0.29) is 17.7 Å². The molecule has 5 aromatic rings. The molecule has 0 aliphatic carbocycles. The molecule has 6 nitrogen and oxygen atoms in total. The summed E-state index contributed by atoms with van der Waals surface area (Å²) in [5.74, 6) is 0.766. The molecule has 3 aromatic carbocycles. The van der Waals surface area contributed by atoms with Crippen LogP contribution in [-0.2, 0) is 11.2 Å². The van der Waals surface area contributed by atoms with Crippen LogP contribution < -0.4 is 10.1 Å². The molecule has 0 unspecified atom stereocenters. The number of benzene rings is 3.